The average molecular weight is 303 g/mol. The van der Waals surface area contributed by atoms with Crippen molar-refractivity contribution in [1.82, 2.24) is 5.32 Å². The molecule has 1 N–H and O–H groups in total. The second-order valence-corrected chi connectivity index (χ2v) is 5.97. The Morgan fingerprint density at radius 1 is 0.810 bits per heavy atom. The maximum atomic E-state index is 11.4. The van der Waals surface area contributed by atoms with Crippen LogP contribution >= 0.6 is 0 Å². The molecular formula is C16H33NO4. The van der Waals surface area contributed by atoms with Crippen LogP contribution in [-0.4, -0.2) is 52.1 Å². The van der Waals surface area contributed by atoms with E-state index in [4.69, 9.17) is 14.2 Å². The van der Waals surface area contributed by atoms with Gasteiger partial charge in [-0.3, -0.25) is 4.79 Å². The number of amides is 1. The van der Waals surface area contributed by atoms with Crippen molar-refractivity contribution in [3.63, 3.8) is 0 Å². The smallest absolute Gasteiger partial charge is 0.220 e. The number of hydrogen-bond acceptors (Lipinski definition) is 4. The third kappa shape index (κ3) is 17.3. The van der Waals surface area contributed by atoms with E-state index in [1.54, 1.807) is 0 Å². The van der Waals surface area contributed by atoms with Gasteiger partial charge in [-0.25, -0.2) is 0 Å². The molecule has 21 heavy (non-hydrogen) atoms. The minimum atomic E-state index is 0.0865. The molecule has 1 amide bonds. The quantitative estimate of drug-likeness (QED) is 0.500. The van der Waals surface area contributed by atoms with Crippen LogP contribution in [0, 0.1) is 11.8 Å². The minimum absolute atomic E-state index is 0.0865. The highest BCUT2D eigenvalue weighted by atomic mass is 16.5. The lowest BCUT2D eigenvalue weighted by Crippen LogP contribution is -2.28. The molecule has 0 rings (SSSR count). The molecule has 0 saturated heterocycles. The van der Waals surface area contributed by atoms with E-state index >= 15 is 0 Å². The normalized spacial score (nSPS) is 11.3. The van der Waals surface area contributed by atoms with Gasteiger partial charge in [0.05, 0.1) is 33.0 Å². The van der Waals surface area contributed by atoms with Gasteiger partial charge in [0.1, 0.15) is 0 Å². The van der Waals surface area contributed by atoms with E-state index in [1.807, 2.05) is 13.8 Å². The van der Waals surface area contributed by atoms with Crippen molar-refractivity contribution >= 4 is 5.91 Å². The summed E-state index contributed by atoms with van der Waals surface area (Å²) in [5.41, 5.74) is 0. The molecule has 0 aliphatic heterocycles. The van der Waals surface area contributed by atoms with Crippen LogP contribution in [0.1, 0.15) is 40.5 Å². The van der Waals surface area contributed by atoms with Crippen LogP contribution in [0.3, 0.4) is 0 Å². The molecular weight excluding hydrogens is 270 g/mol. The van der Waals surface area contributed by atoms with Crippen LogP contribution in [0.5, 0.6) is 0 Å². The summed E-state index contributed by atoms with van der Waals surface area (Å²) in [4.78, 5) is 11.4. The standard InChI is InChI=1S/C16H33NO4/c1-14(2)5-7-19-9-11-21-12-10-20-8-6-17-16(18)13-15(3)4/h14-15H,5-13H2,1-4H3,(H,17,18). The summed E-state index contributed by atoms with van der Waals surface area (Å²) >= 11 is 0. The Bertz CT molecular complexity index is 244. The lowest BCUT2D eigenvalue weighted by molar-refractivity contribution is -0.122. The van der Waals surface area contributed by atoms with Crippen LogP contribution in [0.15, 0.2) is 0 Å². The number of hydrogen-bond donors (Lipinski definition) is 1. The van der Waals surface area contributed by atoms with Crippen molar-refractivity contribution < 1.29 is 19.0 Å². The van der Waals surface area contributed by atoms with Crippen molar-refractivity contribution in [2.45, 2.75) is 40.5 Å². The van der Waals surface area contributed by atoms with Crippen molar-refractivity contribution in [2.24, 2.45) is 11.8 Å². The van der Waals surface area contributed by atoms with E-state index in [0.29, 0.717) is 57.8 Å². The molecule has 0 fully saturated rings. The maximum Gasteiger partial charge on any atom is 0.220 e. The number of carbonyl (C=O) groups is 1. The van der Waals surface area contributed by atoms with Crippen molar-refractivity contribution in [1.29, 1.82) is 0 Å². The lowest BCUT2D eigenvalue weighted by atomic mass is 10.1. The lowest BCUT2D eigenvalue weighted by Gasteiger charge is -2.09. The Morgan fingerprint density at radius 3 is 1.86 bits per heavy atom. The van der Waals surface area contributed by atoms with Gasteiger partial charge in [0.25, 0.3) is 0 Å². The monoisotopic (exact) mass is 303 g/mol. The number of rotatable bonds is 14. The van der Waals surface area contributed by atoms with Crippen molar-refractivity contribution in [3.8, 4) is 0 Å². The predicted molar refractivity (Wildman–Crippen MR) is 84.4 cm³/mol. The number of nitrogens with one attached hydrogen (secondary N) is 1. The topological polar surface area (TPSA) is 56.8 Å². The fourth-order valence-electron chi connectivity index (χ4n) is 1.57. The summed E-state index contributed by atoms with van der Waals surface area (Å²) in [6.45, 7) is 12.7. The molecule has 5 heteroatoms. The fraction of sp³-hybridized carbons (Fsp3) is 0.938. The van der Waals surface area contributed by atoms with E-state index < -0.39 is 0 Å². The van der Waals surface area contributed by atoms with Gasteiger partial charge >= 0.3 is 0 Å². The molecule has 0 aromatic carbocycles. The van der Waals surface area contributed by atoms with E-state index in [1.165, 1.54) is 0 Å². The zero-order valence-corrected chi connectivity index (χ0v) is 14.2. The predicted octanol–water partition coefficient (Wildman–Crippen LogP) is 2.24. The Hall–Kier alpha value is -0.650. The zero-order valence-electron chi connectivity index (χ0n) is 14.2. The molecule has 0 bridgehead atoms. The second kappa shape index (κ2) is 14.3. The van der Waals surface area contributed by atoms with Crippen LogP contribution < -0.4 is 5.32 Å². The molecule has 0 aliphatic rings. The Morgan fingerprint density at radius 2 is 1.33 bits per heavy atom. The van der Waals surface area contributed by atoms with Gasteiger partial charge in [-0.1, -0.05) is 27.7 Å². The van der Waals surface area contributed by atoms with Gasteiger partial charge in [0, 0.05) is 19.6 Å². The Balaban J connectivity index is 3.11. The van der Waals surface area contributed by atoms with Gasteiger partial charge in [0.15, 0.2) is 0 Å². The van der Waals surface area contributed by atoms with Gasteiger partial charge in [-0.15, -0.1) is 0 Å². The molecule has 0 atom stereocenters. The summed E-state index contributed by atoms with van der Waals surface area (Å²) in [5.74, 6) is 1.16. The van der Waals surface area contributed by atoms with Gasteiger partial charge in [0.2, 0.25) is 5.91 Å². The largest absolute Gasteiger partial charge is 0.379 e. The highest BCUT2D eigenvalue weighted by Crippen LogP contribution is 1.98. The van der Waals surface area contributed by atoms with Gasteiger partial charge in [-0.2, -0.15) is 0 Å². The fourth-order valence-corrected chi connectivity index (χ4v) is 1.57. The first kappa shape index (κ1) is 20.3. The SMILES string of the molecule is CC(C)CCOCCOCCOCCNC(=O)CC(C)C. The molecule has 0 aromatic heterocycles. The van der Waals surface area contributed by atoms with Crippen LogP contribution in [0.25, 0.3) is 0 Å². The molecule has 0 unspecified atom stereocenters. The maximum absolute atomic E-state index is 11.4. The molecule has 0 saturated carbocycles. The minimum Gasteiger partial charge on any atom is -0.379 e. The van der Waals surface area contributed by atoms with E-state index in [9.17, 15) is 4.79 Å². The third-order valence-electron chi connectivity index (χ3n) is 2.75. The summed E-state index contributed by atoms with van der Waals surface area (Å²) < 4.78 is 16.2. The van der Waals surface area contributed by atoms with Crippen LogP contribution in [0.2, 0.25) is 0 Å². The highest BCUT2D eigenvalue weighted by molar-refractivity contribution is 5.75. The van der Waals surface area contributed by atoms with Crippen LogP contribution in [0.4, 0.5) is 0 Å². The summed E-state index contributed by atoms with van der Waals surface area (Å²) in [6, 6.07) is 0. The molecule has 0 heterocycles. The summed E-state index contributed by atoms with van der Waals surface area (Å²) in [5, 5.41) is 2.82. The first-order chi connectivity index (χ1) is 10.0. The Labute approximate surface area is 129 Å². The number of ether oxygens (including phenoxy) is 3. The van der Waals surface area contributed by atoms with Crippen molar-refractivity contribution in [3.05, 3.63) is 0 Å². The summed E-state index contributed by atoms with van der Waals surface area (Å²) in [7, 11) is 0. The first-order valence-corrected chi connectivity index (χ1v) is 8.02. The van der Waals surface area contributed by atoms with Crippen molar-refractivity contribution in [2.75, 3.05) is 46.2 Å². The molecule has 126 valence electrons. The zero-order chi connectivity index (χ0) is 15.9. The van der Waals surface area contributed by atoms with E-state index in [2.05, 4.69) is 19.2 Å². The van der Waals surface area contributed by atoms with E-state index in [0.717, 1.165) is 13.0 Å². The summed E-state index contributed by atoms with van der Waals surface area (Å²) in [6.07, 6.45) is 1.66. The number of carbonyl (C=O) groups excluding carboxylic acids is 1. The van der Waals surface area contributed by atoms with E-state index in [-0.39, 0.29) is 5.91 Å². The van der Waals surface area contributed by atoms with Gasteiger partial charge in [-0.05, 0) is 18.3 Å². The molecule has 5 nitrogen and oxygen atoms in total. The second-order valence-electron chi connectivity index (χ2n) is 5.97. The Kier molecular flexibility index (Phi) is 13.9. The van der Waals surface area contributed by atoms with Crippen LogP contribution in [-0.2, 0) is 19.0 Å². The molecule has 0 radical (unpaired) electrons. The molecule has 0 spiro atoms. The first-order valence-electron chi connectivity index (χ1n) is 8.02. The molecule has 0 aromatic rings. The third-order valence-corrected chi connectivity index (χ3v) is 2.75. The molecule has 0 aliphatic carbocycles. The highest BCUT2D eigenvalue weighted by Gasteiger charge is 2.03. The van der Waals surface area contributed by atoms with Gasteiger partial charge < -0.3 is 19.5 Å². The average Bonchev–Trinajstić information content (AvgIpc) is 2.38.